The molecule has 1 heterocycles. The molecule has 1 unspecified atom stereocenters. The fourth-order valence-electron chi connectivity index (χ4n) is 1.04. The molecule has 0 aromatic carbocycles. The Morgan fingerprint density at radius 1 is 1.79 bits per heavy atom. The van der Waals surface area contributed by atoms with Gasteiger partial charge in [0.05, 0.1) is 11.8 Å². The molecule has 0 aliphatic heterocycles. The number of hydrogen-bond donors (Lipinski definition) is 2. The molecule has 0 aliphatic carbocycles. The topological polar surface area (TPSA) is 74.8 Å². The quantitative estimate of drug-likeness (QED) is 0.705. The lowest BCUT2D eigenvalue weighted by molar-refractivity contribution is 0.564. The second-order valence-corrected chi connectivity index (χ2v) is 4.68. The van der Waals surface area contributed by atoms with E-state index in [1.165, 1.54) is 6.08 Å². The van der Waals surface area contributed by atoms with Gasteiger partial charge in [-0.25, -0.2) is 18.1 Å². The van der Waals surface area contributed by atoms with Crippen molar-refractivity contribution >= 4 is 10.0 Å². The molecule has 0 radical (unpaired) electrons. The minimum Gasteiger partial charge on any atom is -0.347 e. The SMILES string of the molecule is C=CCS(=O)(=O)NC(C)c1ncc[nH]1. The maximum atomic E-state index is 11.3. The van der Waals surface area contributed by atoms with E-state index in [4.69, 9.17) is 0 Å². The van der Waals surface area contributed by atoms with E-state index in [1.807, 2.05) is 0 Å². The second-order valence-electron chi connectivity index (χ2n) is 2.88. The number of hydrogen-bond acceptors (Lipinski definition) is 3. The third-order valence-electron chi connectivity index (χ3n) is 1.62. The molecule has 0 fully saturated rings. The average molecular weight is 215 g/mol. The molecule has 2 N–H and O–H groups in total. The number of imidazole rings is 1. The highest BCUT2D eigenvalue weighted by molar-refractivity contribution is 7.89. The van der Waals surface area contributed by atoms with Crippen molar-refractivity contribution in [3.8, 4) is 0 Å². The van der Waals surface area contributed by atoms with Crippen molar-refractivity contribution in [2.75, 3.05) is 5.75 Å². The predicted octanol–water partition coefficient (Wildman–Crippen LogP) is 0.576. The fourth-order valence-corrected chi connectivity index (χ4v) is 2.10. The summed E-state index contributed by atoms with van der Waals surface area (Å²) in [5.74, 6) is 0.510. The number of nitrogens with zero attached hydrogens (tertiary/aromatic N) is 1. The van der Waals surface area contributed by atoms with Gasteiger partial charge in [-0.1, -0.05) is 6.08 Å². The summed E-state index contributed by atoms with van der Waals surface area (Å²) < 4.78 is 25.1. The van der Waals surface area contributed by atoms with Gasteiger partial charge in [-0.3, -0.25) is 0 Å². The fraction of sp³-hybridized carbons (Fsp3) is 0.375. The summed E-state index contributed by atoms with van der Waals surface area (Å²) in [5.41, 5.74) is 0. The van der Waals surface area contributed by atoms with Crippen LogP contribution in [0.1, 0.15) is 18.8 Å². The van der Waals surface area contributed by atoms with Gasteiger partial charge in [-0.2, -0.15) is 0 Å². The molecule has 0 saturated carbocycles. The van der Waals surface area contributed by atoms with Crippen molar-refractivity contribution in [3.05, 3.63) is 30.9 Å². The Bertz CT molecular complexity index is 383. The zero-order valence-electron chi connectivity index (χ0n) is 7.90. The van der Waals surface area contributed by atoms with E-state index in [0.717, 1.165) is 0 Å². The smallest absolute Gasteiger partial charge is 0.215 e. The highest BCUT2D eigenvalue weighted by atomic mass is 32.2. The summed E-state index contributed by atoms with van der Waals surface area (Å²) >= 11 is 0. The van der Waals surface area contributed by atoms with Gasteiger partial charge < -0.3 is 4.98 Å². The first-order valence-electron chi connectivity index (χ1n) is 4.15. The van der Waals surface area contributed by atoms with Crippen molar-refractivity contribution in [2.45, 2.75) is 13.0 Å². The normalized spacial score (nSPS) is 13.8. The van der Waals surface area contributed by atoms with E-state index < -0.39 is 10.0 Å². The Morgan fingerprint density at radius 2 is 2.50 bits per heavy atom. The molecule has 5 nitrogen and oxygen atoms in total. The second kappa shape index (κ2) is 4.39. The van der Waals surface area contributed by atoms with Crippen molar-refractivity contribution in [1.82, 2.24) is 14.7 Å². The molecule has 6 heteroatoms. The van der Waals surface area contributed by atoms with Gasteiger partial charge >= 0.3 is 0 Å². The molecular weight excluding hydrogens is 202 g/mol. The van der Waals surface area contributed by atoms with Crippen molar-refractivity contribution < 1.29 is 8.42 Å². The number of sulfonamides is 1. The van der Waals surface area contributed by atoms with Crippen LogP contribution in [0.2, 0.25) is 0 Å². The van der Waals surface area contributed by atoms with Crippen LogP contribution in [0.4, 0.5) is 0 Å². The summed E-state index contributed by atoms with van der Waals surface area (Å²) in [6.45, 7) is 5.09. The lowest BCUT2D eigenvalue weighted by Gasteiger charge is -2.10. The lowest BCUT2D eigenvalue weighted by Crippen LogP contribution is -2.29. The summed E-state index contributed by atoms with van der Waals surface area (Å²) in [7, 11) is -3.28. The molecule has 0 saturated heterocycles. The Labute approximate surface area is 83.3 Å². The number of aromatic amines is 1. The Morgan fingerprint density at radius 3 is 3.00 bits per heavy atom. The van der Waals surface area contributed by atoms with Crippen LogP contribution in [0.15, 0.2) is 25.0 Å². The van der Waals surface area contributed by atoms with Crippen LogP contribution in [0.3, 0.4) is 0 Å². The van der Waals surface area contributed by atoms with E-state index in [9.17, 15) is 8.42 Å². The van der Waals surface area contributed by atoms with E-state index in [-0.39, 0.29) is 11.8 Å². The van der Waals surface area contributed by atoms with E-state index in [2.05, 4.69) is 21.3 Å². The highest BCUT2D eigenvalue weighted by Gasteiger charge is 2.15. The maximum absolute atomic E-state index is 11.3. The Kier molecular flexibility index (Phi) is 3.43. The zero-order valence-corrected chi connectivity index (χ0v) is 8.71. The summed E-state index contributed by atoms with van der Waals surface area (Å²) in [6.07, 6.45) is 4.57. The molecule has 1 aromatic rings. The minimum atomic E-state index is -3.28. The van der Waals surface area contributed by atoms with Crippen LogP contribution in [-0.2, 0) is 10.0 Å². The van der Waals surface area contributed by atoms with Gasteiger partial charge in [0, 0.05) is 12.4 Å². The van der Waals surface area contributed by atoms with E-state index in [0.29, 0.717) is 5.82 Å². The van der Waals surface area contributed by atoms with Gasteiger partial charge in [0.1, 0.15) is 5.82 Å². The molecule has 0 aliphatic rings. The zero-order chi connectivity index (χ0) is 10.6. The average Bonchev–Trinajstić information content (AvgIpc) is 2.53. The third-order valence-corrected chi connectivity index (χ3v) is 3.01. The molecule has 0 spiro atoms. The summed E-state index contributed by atoms with van der Waals surface area (Å²) in [6, 6.07) is -0.352. The Hall–Kier alpha value is -1.14. The van der Waals surface area contributed by atoms with Gasteiger partial charge in [0.15, 0.2) is 0 Å². The molecule has 1 rings (SSSR count). The van der Waals surface area contributed by atoms with Crippen LogP contribution in [0.25, 0.3) is 0 Å². The van der Waals surface area contributed by atoms with E-state index in [1.54, 1.807) is 19.3 Å². The number of aromatic nitrogens is 2. The first kappa shape index (κ1) is 10.9. The highest BCUT2D eigenvalue weighted by Crippen LogP contribution is 2.06. The molecule has 0 amide bonds. The standard InChI is InChI=1S/C8H13N3O2S/c1-3-6-14(12,13)11-7(2)8-9-4-5-10-8/h3-5,7,11H,1,6H2,2H3,(H,9,10). The molecular formula is C8H13N3O2S. The molecule has 0 bridgehead atoms. The van der Waals surface area contributed by atoms with Gasteiger partial charge in [0.2, 0.25) is 10.0 Å². The number of H-pyrrole nitrogens is 1. The molecule has 1 atom stereocenters. The first-order valence-corrected chi connectivity index (χ1v) is 5.80. The molecule has 1 aromatic heterocycles. The van der Waals surface area contributed by atoms with Crippen LogP contribution >= 0.6 is 0 Å². The monoisotopic (exact) mass is 215 g/mol. The number of rotatable bonds is 5. The Balaban J connectivity index is 2.66. The van der Waals surface area contributed by atoms with Gasteiger partial charge in [-0.15, -0.1) is 6.58 Å². The van der Waals surface area contributed by atoms with E-state index >= 15 is 0 Å². The molecule has 14 heavy (non-hydrogen) atoms. The van der Waals surface area contributed by atoms with Crippen molar-refractivity contribution in [2.24, 2.45) is 0 Å². The minimum absolute atomic E-state index is 0.0853. The largest absolute Gasteiger partial charge is 0.347 e. The van der Waals surface area contributed by atoms with Crippen LogP contribution in [-0.4, -0.2) is 24.1 Å². The number of nitrogens with one attached hydrogen (secondary N) is 2. The van der Waals surface area contributed by atoms with Crippen LogP contribution in [0, 0.1) is 0 Å². The lowest BCUT2D eigenvalue weighted by atomic mass is 10.3. The van der Waals surface area contributed by atoms with Crippen molar-refractivity contribution in [3.63, 3.8) is 0 Å². The predicted molar refractivity (Wildman–Crippen MR) is 54.1 cm³/mol. The maximum Gasteiger partial charge on any atom is 0.215 e. The van der Waals surface area contributed by atoms with Crippen LogP contribution in [0.5, 0.6) is 0 Å². The summed E-state index contributed by atoms with van der Waals surface area (Å²) in [5, 5.41) is 0. The first-order chi connectivity index (χ1) is 6.55. The van der Waals surface area contributed by atoms with Crippen LogP contribution < -0.4 is 4.72 Å². The van der Waals surface area contributed by atoms with Gasteiger partial charge in [-0.05, 0) is 6.92 Å². The third kappa shape index (κ3) is 2.97. The molecule has 78 valence electrons. The van der Waals surface area contributed by atoms with Gasteiger partial charge in [0.25, 0.3) is 0 Å². The summed E-state index contributed by atoms with van der Waals surface area (Å²) in [4.78, 5) is 6.79. The van der Waals surface area contributed by atoms with Crippen molar-refractivity contribution in [1.29, 1.82) is 0 Å².